The number of esters is 1. The topological polar surface area (TPSA) is 94.3 Å². The third-order valence-electron chi connectivity index (χ3n) is 5.51. The number of carbonyl (C=O) groups excluding carboxylic acids is 2. The predicted molar refractivity (Wildman–Crippen MR) is 141 cm³/mol. The average molecular weight is 512 g/mol. The normalized spacial score (nSPS) is 11.1. The van der Waals surface area contributed by atoms with Crippen LogP contribution in [0.25, 0.3) is 43.9 Å². The van der Waals surface area contributed by atoms with Gasteiger partial charge in [0.25, 0.3) is 5.91 Å². The highest BCUT2D eigenvalue weighted by Crippen LogP contribution is 2.33. The number of rotatable bonds is 6. The van der Waals surface area contributed by atoms with Crippen molar-refractivity contribution in [3.63, 3.8) is 0 Å². The summed E-state index contributed by atoms with van der Waals surface area (Å²) in [7, 11) is 0. The van der Waals surface area contributed by atoms with Crippen molar-refractivity contribution in [2.24, 2.45) is 0 Å². The van der Waals surface area contributed by atoms with Crippen molar-refractivity contribution in [2.75, 3.05) is 11.9 Å². The molecule has 0 fully saturated rings. The molecule has 1 amide bonds. The second kappa shape index (κ2) is 9.37. The van der Waals surface area contributed by atoms with Crippen LogP contribution in [0, 0.1) is 0 Å². The predicted octanol–water partition coefficient (Wildman–Crippen LogP) is 6.63. The van der Waals surface area contributed by atoms with Crippen LogP contribution in [-0.2, 0) is 9.53 Å². The summed E-state index contributed by atoms with van der Waals surface area (Å²) in [6.07, 6.45) is 0. The lowest BCUT2D eigenvalue weighted by molar-refractivity contribution is -0.119. The Morgan fingerprint density at radius 3 is 2.61 bits per heavy atom. The van der Waals surface area contributed by atoms with Crippen molar-refractivity contribution in [2.45, 2.75) is 0 Å². The minimum absolute atomic E-state index is 0.326. The fourth-order valence-electron chi connectivity index (χ4n) is 3.91. The standard InChI is InChI=1S/C27H17N3O4S2/c31-23(30-27-29-20(15-36-27)22-12-5-13-35-22)14-33-26(32)18-9-4-7-16-6-3-8-17(24(16)18)25-28-19-10-1-2-11-21(19)34-25/h1-13,15H,14H2,(H,29,30,31). The molecule has 6 aromatic rings. The van der Waals surface area contributed by atoms with Gasteiger partial charge in [0.1, 0.15) is 5.52 Å². The van der Waals surface area contributed by atoms with E-state index in [9.17, 15) is 9.59 Å². The maximum Gasteiger partial charge on any atom is 0.339 e. The first-order chi connectivity index (χ1) is 17.7. The van der Waals surface area contributed by atoms with E-state index in [1.807, 2.05) is 71.4 Å². The molecule has 0 unspecified atom stereocenters. The van der Waals surface area contributed by atoms with Crippen molar-refractivity contribution in [1.82, 2.24) is 9.97 Å². The first-order valence-electron chi connectivity index (χ1n) is 11.0. The Labute approximate surface area is 213 Å². The maximum atomic E-state index is 13.1. The van der Waals surface area contributed by atoms with Gasteiger partial charge in [-0.05, 0) is 41.1 Å². The molecular weight excluding hydrogens is 494 g/mol. The molecule has 7 nitrogen and oxygen atoms in total. The molecule has 0 bridgehead atoms. The number of ether oxygens (including phenoxy) is 1. The van der Waals surface area contributed by atoms with Crippen molar-refractivity contribution in [1.29, 1.82) is 0 Å². The van der Waals surface area contributed by atoms with Crippen LogP contribution in [0.3, 0.4) is 0 Å². The molecule has 3 aromatic heterocycles. The summed E-state index contributed by atoms with van der Waals surface area (Å²) in [6, 6.07) is 22.4. The summed E-state index contributed by atoms with van der Waals surface area (Å²) in [5, 5.41) is 8.46. The third-order valence-corrected chi connectivity index (χ3v) is 7.16. The van der Waals surface area contributed by atoms with Gasteiger partial charge in [-0.1, -0.05) is 42.5 Å². The minimum atomic E-state index is -0.613. The Morgan fingerprint density at radius 1 is 0.917 bits per heavy atom. The van der Waals surface area contributed by atoms with E-state index < -0.39 is 18.5 Å². The van der Waals surface area contributed by atoms with Crippen molar-refractivity contribution in [3.8, 4) is 22.0 Å². The van der Waals surface area contributed by atoms with Gasteiger partial charge in [0.05, 0.1) is 16.1 Å². The van der Waals surface area contributed by atoms with E-state index in [0.29, 0.717) is 33.1 Å². The number of benzene rings is 3. The van der Waals surface area contributed by atoms with Crippen molar-refractivity contribution < 1.29 is 18.7 Å². The number of hydrogen-bond donors (Lipinski definition) is 1. The molecule has 0 radical (unpaired) electrons. The Bertz CT molecular complexity index is 1680. The summed E-state index contributed by atoms with van der Waals surface area (Å²) in [5.74, 6) is -0.669. The number of aromatic nitrogens is 2. The van der Waals surface area contributed by atoms with Gasteiger partial charge < -0.3 is 9.15 Å². The SMILES string of the molecule is O=C(COC(=O)c1cccc2cccc(-c3nc4ccccc4o3)c12)Nc1nc(-c2cccs2)cs1. The molecule has 0 aliphatic carbocycles. The minimum Gasteiger partial charge on any atom is -0.452 e. The zero-order valence-corrected chi connectivity index (χ0v) is 20.3. The lowest BCUT2D eigenvalue weighted by Gasteiger charge is -2.10. The van der Waals surface area contributed by atoms with Crippen molar-refractivity contribution in [3.05, 3.63) is 89.1 Å². The number of nitrogens with one attached hydrogen (secondary N) is 1. The van der Waals surface area contributed by atoms with E-state index >= 15 is 0 Å². The van der Waals surface area contributed by atoms with Crippen LogP contribution in [0.5, 0.6) is 0 Å². The summed E-state index contributed by atoms with van der Waals surface area (Å²) in [4.78, 5) is 35.5. The Kier molecular flexibility index (Phi) is 5.76. The van der Waals surface area contributed by atoms with Gasteiger partial charge in [-0.2, -0.15) is 0 Å². The molecule has 0 spiro atoms. The van der Waals surface area contributed by atoms with Gasteiger partial charge in [0, 0.05) is 16.3 Å². The fourth-order valence-corrected chi connectivity index (χ4v) is 5.40. The van der Waals surface area contributed by atoms with E-state index in [1.165, 1.54) is 11.3 Å². The molecule has 0 saturated heterocycles. The lowest BCUT2D eigenvalue weighted by Crippen LogP contribution is -2.21. The zero-order valence-electron chi connectivity index (χ0n) is 18.6. The summed E-state index contributed by atoms with van der Waals surface area (Å²) >= 11 is 2.89. The van der Waals surface area contributed by atoms with E-state index in [4.69, 9.17) is 9.15 Å². The second-order valence-electron chi connectivity index (χ2n) is 7.84. The fraction of sp³-hybridized carbons (Fsp3) is 0.0370. The van der Waals surface area contributed by atoms with Crippen LogP contribution in [0.1, 0.15) is 10.4 Å². The molecule has 9 heteroatoms. The molecular formula is C27H17N3O4S2. The average Bonchev–Trinajstić information content (AvgIpc) is 3.67. The third kappa shape index (κ3) is 4.26. The molecule has 0 atom stereocenters. The van der Waals surface area contributed by atoms with Crippen molar-refractivity contribution >= 4 is 61.6 Å². The lowest BCUT2D eigenvalue weighted by atomic mass is 9.99. The smallest absolute Gasteiger partial charge is 0.339 e. The highest BCUT2D eigenvalue weighted by molar-refractivity contribution is 7.16. The van der Waals surface area contributed by atoms with E-state index in [1.54, 1.807) is 23.5 Å². The summed E-state index contributed by atoms with van der Waals surface area (Å²) in [6.45, 7) is -0.436. The second-order valence-corrected chi connectivity index (χ2v) is 9.64. The van der Waals surface area contributed by atoms with Crippen LogP contribution in [0.4, 0.5) is 5.13 Å². The van der Waals surface area contributed by atoms with Gasteiger partial charge in [-0.25, -0.2) is 14.8 Å². The largest absolute Gasteiger partial charge is 0.452 e. The van der Waals surface area contributed by atoms with Crippen LogP contribution in [0.15, 0.2) is 88.0 Å². The summed E-state index contributed by atoms with van der Waals surface area (Å²) < 4.78 is 11.3. The molecule has 0 aliphatic heterocycles. The van der Waals surface area contributed by atoms with Crippen LogP contribution in [0.2, 0.25) is 0 Å². The number of thiophene rings is 1. The number of para-hydroxylation sites is 2. The molecule has 176 valence electrons. The number of fused-ring (bicyclic) bond motifs is 2. The molecule has 3 heterocycles. The van der Waals surface area contributed by atoms with Gasteiger partial charge in [-0.15, -0.1) is 22.7 Å². The number of nitrogens with zero attached hydrogens (tertiary/aromatic N) is 2. The molecule has 0 aliphatic rings. The summed E-state index contributed by atoms with van der Waals surface area (Å²) in [5.41, 5.74) is 3.18. The first kappa shape index (κ1) is 22.1. The van der Waals surface area contributed by atoms with Crippen LogP contribution < -0.4 is 5.32 Å². The van der Waals surface area contributed by atoms with Gasteiger partial charge in [0.2, 0.25) is 5.89 Å². The van der Waals surface area contributed by atoms with E-state index in [0.717, 1.165) is 21.5 Å². The zero-order chi connectivity index (χ0) is 24.5. The number of amides is 1. The van der Waals surface area contributed by atoms with Crippen LogP contribution >= 0.6 is 22.7 Å². The number of anilines is 1. The number of thiazole rings is 1. The molecule has 3 aromatic carbocycles. The Morgan fingerprint density at radius 2 is 1.78 bits per heavy atom. The number of hydrogen-bond acceptors (Lipinski definition) is 8. The highest BCUT2D eigenvalue weighted by Gasteiger charge is 2.19. The quantitative estimate of drug-likeness (QED) is 0.252. The van der Waals surface area contributed by atoms with Gasteiger partial charge in [-0.3, -0.25) is 10.1 Å². The Balaban J connectivity index is 1.22. The number of oxazole rings is 1. The van der Waals surface area contributed by atoms with Gasteiger partial charge >= 0.3 is 5.97 Å². The first-order valence-corrected chi connectivity index (χ1v) is 12.8. The van der Waals surface area contributed by atoms with E-state index in [-0.39, 0.29) is 0 Å². The van der Waals surface area contributed by atoms with E-state index in [2.05, 4.69) is 15.3 Å². The molecule has 1 N–H and O–H groups in total. The number of carbonyl (C=O) groups is 2. The molecule has 0 saturated carbocycles. The molecule has 6 rings (SSSR count). The van der Waals surface area contributed by atoms with Crippen LogP contribution in [-0.4, -0.2) is 28.5 Å². The molecule has 36 heavy (non-hydrogen) atoms. The maximum absolute atomic E-state index is 13.1. The highest BCUT2D eigenvalue weighted by atomic mass is 32.1. The monoisotopic (exact) mass is 511 g/mol. The Hall–Kier alpha value is -4.34. The van der Waals surface area contributed by atoms with Gasteiger partial charge in [0.15, 0.2) is 17.3 Å².